The number of carbonyl (C=O) groups excluding carboxylic acids is 1. The predicted octanol–water partition coefficient (Wildman–Crippen LogP) is 0.417. The fraction of sp³-hybridized carbons (Fsp3) is 0.533. The van der Waals surface area contributed by atoms with Crippen LogP contribution in [0.2, 0.25) is 0 Å². The third kappa shape index (κ3) is 4.00. The number of primary amides is 1. The third-order valence-corrected chi connectivity index (χ3v) is 4.07. The number of hydrogen-bond donors (Lipinski definition) is 3. The number of carbonyl (C=O) groups is 1. The van der Waals surface area contributed by atoms with E-state index in [1.54, 1.807) is 18.2 Å². The number of β-amino-alcohol motifs (C(OH)–C–C–N with tert-alkyl or cyclic N) is 1. The van der Waals surface area contributed by atoms with Crippen molar-refractivity contribution < 1.29 is 19.4 Å². The summed E-state index contributed by atoms with van der Waals surface area (Å²) < 4.78 is 13.6. The number of amides is 1. The van der Waals surface area contributed by atoms with Crippen molar-refractivity contribution in [2.24, 2.45) is 11.7 Å². The monoisotopic (exact) mass is 296 g/mol. The standard InChI is InChI=1S/C15H21FN2O3/c16-12-4-2-1-3-11(12)13(19)9-18-7-5-10(6-8-18)14(20)15(17)21/h1-4,10,13-14,19-20H,5-9H2,(H2,17,21). The lowest BCUT2D eigenvalue weighted by Crippen LogP contribution is -2.43. The van der Waals surface area contributed by atoms with E-state index in [4.69, 9.17) is 5.73 Å². The van der Waals surface area contributed by atoms with Crippen molar-refractivity contribution in [1.29, 1.82) is 0 Å². The molecule has 5 nitrogen and oxygen atoms in total. The fourth-order valence-corrected chi connectivity index (χ4v) is 2.77. The molecule has 1 saturated heterocycles. The van der Waals surface area contributed by atoms with Gasteiger partial charge < -0.3 is 20.8 Å². The Bertz CT molecular complexity index is 490. The van der Waals surface area contributed by atoms with Gasteiger partial charge in [0.15, 0.2) is 0 Å². The van der Waals surface area contributed by atoms with E-state index in [2.05, 4.69) is 0 Å². The molecule has 21 heavy (non-hydrogen) atoms. The summed E-state index contributed by atoms with van der Waals surface area (Å²) in [7, 11) is 0. The molecule has 0 saturated carbocycles. The average Bonchev–Trinajstić information content (AvgIpc) is 2.47. The Morgan fingerprint density at radius 2 is 1.95 bits per heavy atom. The number of aliphatic hydroxyl groups excluding tert-OH is 2. The van der Waals surface area contributed by atoms with Crippen LogP contribution in [0.5, 0.6) is 0 Å². The molecule has 1 aromatic rings. The van der Waals surface area contributed by atoms with Crippen molar-refractivity contribution in [3.8, 4) is 0 Å². The lowest BCUT2D eigenvalue weighted by molar-refractivity contribution is -0.129. The Hall–Kier alpha value is -1.50. The molecule has 0 radical (unpaired) electrons. The minimum absolute atomic E-state index is 0.135. The van der Waals surface area contributed by atoms with Gasteiger partial charge in [0, 0.05) is 12.1 Å². The third-order valence-electron chi connectivity index (χ3n) is 4.07. The Balaban J connectivity index is 1.86. The topological polar surface area (TPSA) is 86.8 Å². The normalized spacial score (nSPS) is 20.1. The molecule has 0 spiro atoms. The summed E-state index contributed by atoms with van der Waals surface area (Å²) in [4.78, 5) is 13.0. The van der Waals surface area contributed by atoms with E-state index in [-0.39, 0.29) is 11.5 Å². The first-order valence-electron chi connectivity index (χ1n) is 7.11. The molecule has 116 valence electrons. The number of nitrogens with two attached hydrogens (primary N) is 1. The second kappa shape index (κ2) is 6.98. The second-order valence-electron chi connectivity index (χ2n) is 5.52. The minimum Gasteiger partial charge on any atom is -0.387 e. The largest absolute Gasteiger partial charge is 0.387 e. The van der Waals surface area contributed by atoms with Crippen LogP contribution >= 0.6 is 0 Å². The fourth-order valence-electron chi connectivity index (χ4n) is 2.77. The van der Waals surface area contributed by atoms with E-state index >= 15 is 0 Å². The summed E-state index contributed by atoms with van der Waals surface area (Å²) in [6.07, 6.45) is -0.727. The van der Waals surface area contributed by atoms with Crippen LogP contribution in [-0.4, -0.2) is 46.8 Å². The summed E-state index contributed by atoms with van der Waals surface area (Å²) in [5.41, 5.74) is 5.38. The van der Waals surface area contributed by atoms with Gasteiger partial charge in [0.05, 0.1) is 6.10 Å². The molecule has 2 unspecified atom stereocenters. The molecule has 2 atom stereocenters. The highest BCUT2D eigenvalue weighted by atomic mass is 19.1. The summed E-state index contributed by atoms with van der Waals surface area (Å²) in [5, 5.41) is 19.8. The zero-order chi connectivity index (χ0) is 15.4. The summed E-state index contributed by atoms with van der Waals surface area (Å²) in [6.45, 7) is 1.61. The Kier molecular flexibility index (Phi) is 5.27. The van der Waals surface area contributed by atoms with Crippen LogP contribution in [0, 0.1) is 11.7 Å². The first kappa shape index (κ1) is 15.9. The minimum atomic E-state index is -1.11. The van der Waals surface area contributed by atoms with Gasteiger partial charge in [-0.25, -0.2) is 4.39 Å². The van der Waals surface area contributed by atoms with Crippen LogP contribution in [0.4, 0.5) is 4.39 Å². The van der Waals surface area contributed by atoms with Gasteiger partial charge in [0.25, 0.3) is 0 Å². The van der Waals surface area contributed by atoms with Crippen molar-refractivity contribution in [3.63, 3.8) is 0 Å². The average molecular weight is 296 g/mol. The van der Waals surface area contributed by atoms with Crippen molar-refractivity contribution in [3.05, 3.63) is 35.6 Å². The first-order chi connectivity index (χ1) is 9.99. The number of aliphatic hydroxyl groups is 2. The maximum Gasteiger partial charge on any atom is 0.246 e. The van der Waals surface area contributed by atoms with Crippen molar-refractivity contribution in [2.45, 2.75) is 25.0 Å². The Morgan fingerprint density at radius 1 is 1.33 bits per heavy atom. The Labute approximate surface area is 123 Å². The van der Waals surface area contributed by atoms with Crippen LogP contribution in [0.3, 0.4) is 0 Å². The molecular formula is C15H21FN2O3. The Morgan fingerprint density at radius 3 is 2.52 bits per heavy atom. The van der Waals surface area contributed by atoms with Crippen LogP contribution in [-0.2, 0) is 4.79 Å². The van der Waals surface area contributed by atoms with Crippen molar-refractivity contribution in [1.82, 2.24) is 4.90 Å². The van der Waals surface area contributed by atoms with Gasteiger partial charge in [-0.3, -0.25) is 4.79 Å². The number of likely N-dealkylation sites (tertiary alicyclic amines) is 1. The number of rotatable bonds is 5. The van der Waals surface area contributed by atoms with E-state index in [0.717, 1.165) is 0 Å². The van der Waals surface area contributed by atoms with Crippen molar-refractivity contribution >= 4 is 5.91 Å². The lowest BCUT2D eigenvalue weighted by Gasteiger charge is -2.34. The molecule has 6 heteroatoms. The SMILES string of the molecule is NC(=O)C(O)C1CCN(CC(O)c2ccccc2F)CC1. The zero-order valence-electron chi connectivity index (χ0n) is 11.8. The van der Waals surface area contributed by atoms with Crippen LogP contribution in [0.1, 0.15) is 24.5 Å². The molecule has 1 aliphatic rings. The van der Waals surface area contributed by atoms with Gasteiger partial charge in [-0.1, -0.05) is 18.2 Å². The van der Waals surface area contributed by atoms with Gasteiger partial charge in [0.1, 0.15) is 11.9 Å². The van der Waals surface area contributed by atoms with Gasteiger partial charge in [0.2, 0.25) is 5.91 Å². The molecular weight excluding hydrogens is 275 g/mol. The van der Waals surface area contributed by atoms with Gasteiger partial charge in [-0.05, 0) is 37.9 Å². The molecule has 2 rings (SSSR count). The second-order valence-corrected chi connectivity index (χ2v) is 5.52. The highest BCUT2D eigenvalue weighted by molar-refractivity contribution is 5.78. The molecule has 0 aliphatic carbocycles. The number of piperidine rings is 1. The maximum atomic E-state index is 13.6. The molecule has 1 fully saturated rings. The van der Waals surface area contributed by atoms with Gasteiger partial charge in [-0.2, -0.15) is 0 Å². The van der Waals surface area contributed by atoms with Crippen LogP contribution < -0.4 is 5.73 Å². The summed E-state index contributed by atoms with van der Waals surface area (Å²) >= 11 is 0. The predicted molar refractivity (Wildman–Crippen MR) is 75.7 cm³/mol. The molecule has 0 bridgehead atoms. The molecule has 1 heterocycles. The zero-order valence-corrected chi connectivity index (χ0v) is 11.8. The van der Waals surface area contributed by atoms with E-state index < -0.39 is 23.9 Å². The van der Waals surface area contributed by atoms with Crippen molar-refractivity contribution in [2.75, 3.05) is 19.6 Å². The maximum absolute atomic E-state index is 13.6. The first-order valence-corrected chi connectivity index (χ1v) is 7.11. The van der Waals surface area contributed by atoms with Gasteiger partial charge in [-0.15, -0.1) is 0 Å². The van der Waals surface area contributed by atoms with E-state index in [1.807, 2.05) is 4.90 Å². The molecule has 4 N–H and O–H groups in total. The van der Waals surface area contributed by atoms with E-state index in [1.165, 1.54) is 6.07 Å². The quantitative estimate of drug-likeness (QED) is 0.735. The molecule has 1 aliphatic heterocycles. The molecule has 1 aromatic carbocycles. The summed E-state index contributed by atoms with van der Waals surface area (Å²) in [5.74, 6) is -1.24. The number of nitrogens with zero attached hydrogens (tertiary/aromatic N) is 1. The molecule has 1 amide bonds. The van der Waals surface area contributed by atoms with Crippen LogP contribution in [0.25, 0.3) is 0 Å². The highest BCUT2D eigenvalue weighted by Crippen LogP contribution is 2.24. The molecule has 0 aromatic heterocycles. The summed E-state index contributed by atoms with van der Waals surface area (Å²) in [6, 6.07) is 6.18. The number of benzene rings is 1. The lowest BCUT2D eigenvalue weighted by atomic mass is 9.90. The number of halogens is 1. The van der Waals surface area contributed by atoms with E-state index in [0.29, 0.717) is 32.5 Å². The number of hydrogen-bond acceptors (Lipinski definition) is 4. The van der Waals surface area contributed by atoms with Gasteiger partial charge >= 0.3 is 0 Å². The highest BCUT2D eigenvalue weighted by Gasteiger charge is 2.29. The van der Waals surface area contributed by atoms with Crippen LogP contribution in [0.15, 0.2) is 24.3 Å². The van der Waals surface area contributed by atoms with E-state index in [9.17, 15) is 19.4 Å². The smallest absolute Gasteiger partial charge is 0.246 e.